The molecule has 0 radical (unpaired) electrons. The Hall–Kier alpha value is -3.57. The summed E-state index contributed by atoms with van der Waals surface area (Å²) in [6.45, 7) is 0. The van der Waals surface area contributed by atoms with Gasteiger partial charge in [0, 0.05) is 5.69 Å². The number of alkyl halides is 6. The molecule has 12 heteroatoms. The molecule has 0 aliphatic rings. The first kappa shape index (κ1) is 20.2. The van der Waals surface area contributed by atoms with Gasteiger partial charge in [-0.1, -0.05) is 17.3 Å². The minimum atomic E-state index is -4.85. The van der Waals surface area contributed by atoms with Gasteiger partial charge in [0.25, 0.3) is 5.91 Å². The van der Waals surface area contributed by atoms with Gasteiger partial charge in [-0.15, -0.1) is 18.3 Å². The van der Waals surface area contributed by atoms with Crippen LogP contribution in [-0.4, -0.2) is 27.3 Å². The quantitative estimate of drug-likeness (QED) is 0.639. The van der Waals surface area contributed by atoms with E-state index in [1.165, 1.54) is 18.2 Å². The SMILES string of the molecule is O=C(Nc1ccc(OC(F)(F)F)cc1)c1cn(-c2ccccc2C(F)(F)F)nn1. The van der Waals surface area contributed by atoms with Crippen LogP contribution in [0.2, 0.25) is 0 Å². The summed E-state index contributed by atoms with van der Waals surface area (Å²) in [6.07, 6.45) is -8.48. The number of para-hydroxylation sites is 1. The van der Waals surface area contributed by atoms with Crippen LogP contribution >= 0.6 is 0 Å². The molecule has 0 spiro atoms. The molecule has 3 rings (SSSR count). The number of ether oxygens (including phenoxy) is 1. The standard InChI is InChI=1S/C17H10F6N4O2/c18-16(19,20)12-3-1-2-4-14(12)27-9-13(25-26-27)15(28)24-10-5-7-11(8-6-10)29-17(21,22)23/h1-9H,(H,24,28). The van der Waals surface area contributed by atoms with Gasteiger partial charge in [-0.05, 0) is 36.4 Å². The number of rotatable bonds is 4. The second-order valence-electron chi connectivity index (χ2n) is 5.59. The third-order valence-corrected chi connectivity index (χ3v) is 3.53. The Morgan fingerprint density at radius 2 is 1.62 bits per heavy atom. The molecular formula is C17H10F6N4O2. The lowest BCUT2D eigenvalue weighted by Crippen LogP contribution is -2.17. The molecular weight excluding hydrogens is 406 g/mol. The van der Waals surface area contributed by atoms with Crippen molar-refractivity contribution in [1.29, 1.82) is 0 Å². The number of nitrogens with one attached hydrogen (secondary N) is 1. The van der Waals surface area contributed by atoms with Gasteiger partial charge in [-0.3, -0.25) is 4.79 Å². The van der Waals surface area contributed by atoms with Gasteiger partial charge >= 0.3 is 12.5 Å². The number of amides is 1. The molecule has 1 amide bonds. The minimum absolute atomic E-state index is 0.120. The molecule has 0 fully saturated rings. The summed E-state index contributed by atoms with van der Waals surface area (Å²) in [5.41, 5.74) is -1.45. The fourth-order valence-electron chi connectivity index (χ4n) is 2.33. The smallest absolute Gasteiger partial charge is 0.406 e. The van der Waals surface area contributed by atoms with Crippen LogP contribution in [0.3, 0.4) is 0 Å². The van der Waals surface area contributed by atoms with Crippen molar-refractivity contribution in [3.8, 4) is 11.4 Å². The van der Waals surface area contributed by atoms with Crippen molar-refractivity contribution >= 4 is 11.6 Å². The van der Waals surface area contributed by atoms with E-state index in [4.69, 9.17) is 0 Å². The predicted octanol–water partition coefficient (Wildman–Crippen LogP) is 4.44. The normalized spacial score (nSPS) is 11.9. The number of anilines is 1. The van der Waals surface area contributed by atoms with Gasteiger partial charge in [-0.2, -0.15) is 13.2 Å². The number of aromatic nitrogens is 3. The van der Waals surface area contributed by atoms with Crippen LogP contribution in [-0.2, 0) is 6.18 Å². The summed E-state index contributed by atoms with van der Waals surface area (Å²) < 4.78 is 80.2. The van der Waals surface area contributed by atoms with Crippen LogP contribution in [0.4, 0.5) is 32.0 Å². The highest BCUT2D eigenvalue weighted by Crippen LogP contribution is 2.33. The van der Waals surface area contributed by atoms with Gasteiger partial charge in [0.2, 0.25) is 0 Å². The summed E-state index contributed by atoms with van der Waals surface area (Å²) in [7, 11) is 0. The fraction of sp³-hybridized carbons (Fsp3) is 0.118. The molecule has 0 saturated heterocycles. The lowest BCUT2D eigenvalue weighted by Gasteiger charge is -2.11. The van der Waals surface area contributed by atoms with Gasteiger partial charge < -0.3 is 10.1 Å². The molecule has 1 heterocycles. The molecule has 0 bridgehead atoms. The fourth-order valence-corrected chi connectivity index (χ4v) is 2.33. The lowest BCUT2D eigenvalue weighted by atomic mass is 10.1. The van der Waals surface area contributed by atoms with E-state index in [1.807, 2.05) is 0 Å². The molecule has 3 aromatic rings. The Balaban J connectivity index is 1.75. The van der Waals surface area contributed by atoms with Gasteiger partial charge in [0.05, 0.1) is 17.4 Å². The minimum Gasteiger partial charge on any atom is -0.406 e. The molecule has 1 N–H and O–H groups in total. The largest absolute Gasteiger partial charge is 0.573 e. The van der Waals surface area contributed by atoms with E-state index in [2.05, 4.69) is 20.4 Å². The average molecular weight is 416 g/mol. The van der Waals surface area contributed by atoms with Crippen molar-refractivity contribution in [1.82, 2.24) is 15.0 Å². The highest BCUT2D eigenvalue weighted by molar-refractivity contribution is 6.02. The number of nitrogens with zero attached hydrogens (tertiary/aromatic N) is 3. The third-order valence-electron chi connectivity index (χ3n) is 3.53. The van der Waals surface area contributed by atoms with E-state index < -0.39 is 29.8 Å². The number of hydrogen-bond acceptors (Lipinski definition) is 4. The van der Waals surface area contributed by atoms with Crippen LogP contribution in [0, 0.1) is 0 Å². The Morgan fingerprint density at radius 1 is 0.966 bits per heavy atom. The maximum atomic E-state index is 13.1. The van der Waals surface area contributed by atoms with E-state index in [1.54, 1.807) is 0 Å². The van der Waals surface area contributed by atoms with E-state index >= 15 is 0 Å². The number of carbonyl (C=O) groups is 1. The second-order valence-corrected chi connectivity index (χ2v) is 5.59. The summed E-state index contributed by atoms with van der Waals surface area (Å²) in [5, 5.41) is 9.42. The zero-order valence-corrected chi connectivity index (χ0v) is 14.1. The van der Waals surface area contributed by atoms with Crippen LogP contribution < -0.4 is 10.1 Å². The highest BCUT2D eigenvalue weighted by Gasteiger charge is 2.34. The first-order chi connectivity index (χ1) is 13.5. The molecule has 0 saturated carbocycles. The Bertz CT molecular complexity index is 1010. The predicted molar refractivity (Wildman–Crippen MR) is 87.4 cm³/mol. The van der Waals surface area contributed by atoms with Gasteiger partial charge in [-0.25, -0.2) is 4.68 Å². The van der Waals surface area contributed by atoms with Crippen molar-refractivity contribution in [2.24, 2.45) is 0 Å². The first-order valence-corrected chi connectivity index (χ1v) is 7.79. The zero-order valence-electron chi connectivity index (χ0n) is 14.1. The van der Waals surface area contributed by atoms with Gasteiger partial charge in [0.15, 0.2) is 5.69 Å². The lowest BCUT2D eigenvalue weighted by molar-refractivity contribution is -0.274. The topological polar surface area (TPSA) is 69.0 Å². The van der Waals surface area contributed by atoms with Crippen molar-refractivity contribution in [2.75, 3.05) is 5.32 Å². The Morgan fingerprint density at radius 3 is 2.24 bits per heavy atom. The molecule has 0 aliphatic heterocycles. The maximum Gasteiger partial charge on any atom is 0.573 e. The number of halogens is 6. The second kappa shape index (κ2) is 7.45. The molecule has 0 aliphatic carbocycles. The number of carbonyl (C=O) groups excluding carboxylic acids is 1. The number of hydrogen-bond donors (Lipinski definition) is 1. The zero-order chi connectivity index (χ0) is 21.2. The molecule has 152 valence electrons. The van der Waals surface area contributed by atoms with Crippen molar-refractivity contribution in [2.45, 2.75) is 12.5 Å². The van der Waals surface area contributed by atoms with Crippen molar-refractivity contribution in [3.05, 3.63) is 66.0 Å². The van der Waals surface area contributed by atoms with E-state index in [9.17, 15) is 31.1 Å². The molecule has 29 heavy (non-hydrogen) atoms. The molecule has 6 nitrogen and oxygen atoms in total. The maximum absolute atomic E-state index is 13.1. The van der Waals surface area contributed by atoms with Crippen LogP contribution in [0.1, 0.15) is 16.1 Å². The molecule has 2 aromatic carbocycles. The van der Waals surface area contributed by atoms with E-state index in [-0.39, 0.29) is 17.1 Å². The first-order valence-electron chi connectivity index (χ1n) is 7.79. The van der Waals surface area contributed by atoms with E-state index in [0.717, 1.165) is 41.2 Å². The van der Waals surface area contributed by atoms with Crippen molar-refractivity contribution in [3.63, 3.8) is 0 Å². The van der Waals surface area contributed by atoms with E-state index in [0.29, 0.717) is 0 Å². The average Bonchev–Trinajstić information content (AvgIpc) is 3.12. The van der Waals surface area contributed by atoms with Gasteiger partial charge in [0.1, 0.15) is 5.75 Å². The Labute approximate surface area is 158 Å². The summed E-state index contributed by atoms with van der Waals surface area (Å²) in [5.74, 6) is -1.30. The highest BCUT2D eigenvalue weighted by atomic mass is 19.4. The summed E-state index contributed by atoms with van der Waals surface area (Å²) in [4.78, 5) is 12.2. The van der Waals surface area contributed by atoms with Crippen LogP contribution in [0.25, 0.3) is 5.69 Å². The van der Waals surface area contributed by atoms with Crippen LogP contribution in [0.5, 0.6) is 5.75 Å². The molecule has 0 atom stereocenters. The molecule has 1 aromatic heterocycles. The third kappa shape index (κ3) is 5.03. The van der Waals surface area contributed by atoms with Crippen molar-refractivity contribution < 1.29 is 35.9 Å². The summed E-state index contributed by atoms with van der Waals surface area (Å²) >= 11 is 0. The molecule has 0 unspecified atom stereocenters. The van der Waals surface area contributed by atoms with Crippen LogP contribution in [0.15, 0.2) is 54.7 Å². The summed E-state index contributed by atoms with van der Waals surface area (Å²) in [6, 6.07) is 8.89. The Kier molecular flexibility index (Phi) is 5.18. The monoisotopic (exact) mass is 416 g/mol. The number of benzene rings is 2.